The van der Waals surface area contributed by atoms with Gasteiger partial charge in [-0.1, -0.05) is 43.3 Å². The Labute approximate surface area is 119 Å². The van der Waals surface area contributed by atoms with Crippen molar-refractivity contribution in [1.82, 2.24) is 4.31 Å². The quantitative estimate of drug-likeness (QED) is 0.741. The van der Waals surface area contributed by atoms with Gasteiger partial charge in [-0.3, -0.25) is 4.79 Å². The summed E-state index contributed by atoms with van der Waals surface area (Å²) in [6.45, 7) is 4.72. The second kappa shape index (κ2) is 7.21. The van der Waals surface area contributed by atoms with Crippen molar-refractivity contribution in [2.75, 3.05) is 18.8 Å². The SMILES string of the molecule is C=CCN(CC(=O)O)S(=O)(=O)CC(C)c1ccccc1. The number of carboxylic acid groups (broad SMARTS) is 1. The van der Waals surface area contributed by atoms with E-state index in [4.69, 9.17) is 5.11 Å². The molecule has 6 heteroatoms. The summed E-state index contributed by atoms with van der Waals surface area (Å²) in [5, 5.41) is 8.78. The normalized spacial score (nSPS) is 13.1. The third-order valence-corrected chi connectivity index (χ3v) is 4.85. The van der Waals surface area contributed by atoms with Crippen molar-refractivity contribution in [2.24, 2.45) is 0 Å². The second-order valence-electron chi connectivity index (χ2n) is 4.57. The lowest BCUT2D eigenvalue weighted by Crippen LogP contribution is -2.38. The molecule has 1 atom stereocenters. The number of hydrogen-bond donors (Lipinski definition) is 1. The van der Waals surface area contributed by atoms with E-state index < -0.39 is 22.5 Å². The maximum Gasteiger partial charge on any atom is 0.318 e. The largest absolute Gasteiger partial charge is 0.480 e. The monoisotopic (exact) mass is 297 g/mol. The van der Waals surface area contributed by atoms with Crippen LogP contribution in [-0.4, -0.2) is 42.6 Å². The maximum absolute atomic E-state index is 12.3. The van der Waals surface area contributed by atoms with Crippen molar-refractivity contribution in [1.29, 1.82) is 0 Å². The molecule has 0 saturated heterocycles. The molecule has 1 unspecified atom stereocenters. The van der Waals surface area contributed by atoms with Crippen LogP contribution in [-0.2, 0) is 14.8 Å². The summed E-state index contributed by atoms with van der Waals surface area (Å²) in [6, 6.07) is 9.26. The van der Waals surface area contributed by atoms with E-state index in [9.17, 15) is 13.2 Å². The van der Waals surface area contributed by atoms with Gasteiger partial charge >= 0.3 is 5.97 Å². The van der Waals surface area contributed by atoms with E-state index in [1.165, 1.54) is 6.08 Å². The average molecular weight is 297 g/mol. The summed E-state index contributed by atoms with van der Waals surface area (Å²) in [5.74, 6) is -1.51. The van der Waals surface area contributed by atoms with E-state index in [0.717, 1.165) is 9.87 Å². The third-order valence-electron chi connectivity index (χ3n) is 2.87. The second-order valence-corrected chi connectivity index (χ2v) is 6.58. The Hall–Kier alpha value is -1.66. The molecule has 1 aromatic carbocycles. The fraction of sp³-hybridized carbons (Fsp3) is 0.357. The molecule has 1 N–H and O–H groups in total. The summed E-state index contributed by atoms with van der Waals surface area (Å²) < 4.78 is 25.4. The molecule has 0 aliphatic carbocycles. The van der Waals surface area contributed by atoms with Crippen LogP contribution < -0.4 is 0 Å². The number of rotatable bonds is 8. The summed E-state index contributed by atoms with van der Waals surface area (Å²) in [5.41, 5.74) is 0.907. The molecule has 0 amide bonds. The fourth-order valence-corrected chi connectivity index (χ4v) is 3.55. The Kier molecular flexibility index (Phi) is 5.91. The topological polar surface area (TPSA) is 74.7 Å². The minimum Gasteiger partial charge on any atom is -0.480 e. The molecule has 0 heterocycles. The van der Waals surface area contributed by atoms with Gasteiger partial charge in [0.15, 0.2) is 0 Å². The van der Waals surface area contributed by atoms with Gasteiger partial charge in [0.2, 0.25) is 10.0 Å². The molecule has 1 rings (SSSR count). The molecular weight excluding hydrogens is 278 g/mol. The lowest BCUT2D eigenvalue weighted by atomic mass is 10.0. The van der Waals surface area contributed by atoms with Crippen LogP contribution in [0.1, 0.15) is 18.4 Å². The third kappa shape index (κ3) is 4.79. The van der Waals surface area contributed by atoms with Crippen LogP contribution in [0.15, 0.2) is 43.0 Å². The molecule has 0 radical (unpaired) electrons. The molecule has 0 spiro atoms. The zero-order valence-corrected chi connectivity index (χ0v) is 12.2. The number of nitrogens with zero attached hydrogens (tertiary/aromatic N) is 1. The van der Waals surface area contributed by atoms with Gasteiger partial charge in [-0.2, -0.15) is 4.31 Å². The molecule has 1 aromatic rings. The number of aliphatic carboxylic acids is 1. The van der Waals surface area contributed by atoms with Crippen molar-refractivity contribution in [2.45, 2.75) is 12.8 Å². The Morgan fingerprint density at radius 3 is 2.50 bits per heavy atom. The fourth-order valence-electron chi connectivity index (χ4n) is 1.87. The van der Waals surface area contributed by atoms with Crippen LogP contribution >= 0.6 is 0 Å². The van der Waals surface area contributed by atoms with Crippen LogP contribution in [0, 0.1) is 0 Å². The number of benzene rings is 1. The highest BCUT2D eigenvalue weighted by Crippen LogP contribution is 2.18. The minimum atomic E-state index is -3.65. The first-order valence-corrected chi connectivity index (χ1v) is 7.83. The minimum absolute atomic E-state index is 0.00383. The molecule has 0 aromatic heterocycles. The van der Waals surface area contributed by atoms with Crippen molar-refractivity contribution in [3.63, 3.8) is 0 Å². The van der Waals surface area contributed by atoms with Crippen molar-refractivity contribution in [3.05, 3.63) is 48.6 Å². The summed E-state index contributed by atoms with van der Waals surface area (Å²) in [4.78, 5) is 10.7. The molecule has 110 valence electrons. The Morgan fingerprint density at radius 1 is 1.40 bits per heavy atom. The molecule has 0 bridgehead atoms. The van der Waals surface area contributed by atoms with Gasteiger partial charge in [0, 0.05) is 6.54 Å². The van der Waals surface area contributed by atoms with E-state index in [0.29, 0.717) is 0 Å². The number of hydrogen-bond acceptors (Lipinski definition) is 3. The summed E-state index contributed by atoms with van der Waals surface area (Å²) in [7, 11) is -3.65. The first-order chi connectivity index (χ1) is 9.36. The van der Waals surface area contributed by atoms with Crippen LogP contribution in [0.25, 0.3) is 0 Å². The lowest BCUT2D eigenvalue weighted by Gasteiger charge is -2.21. The van der Waals surface area contributed by atoms with E-state index in [2.05, 4.69) is 6.58 Å². The van der Waals surface area contributed by atoms with Crippen molar-refractivity contribution in [3.8, 4) is 0 Å². The van der Waals surface area contributed by atoms with Gasteiger partial charge in [0.05, 0.1) is 5.75 Å². The maximum atomic E-state index is 12.3. The van der Waals surface area contributed by atoms with E-state index in [1.807, 2.05) is 30.3 Å². The zero-order valence-electron chi connectivity index (χ0n) is 11.4. The summed E-state index contributed by atoms with van der Waals surface area (Å²) >= 11 is 0. The number of carboxylic acids is 1. The lowest BCUT2D eigenvalue weighted by molar-refractivity contribution is -0.137. The van der Waals surface area contributed by atoms with Gasteiger partial charge in [0.25, 0.3) is 0 Å². The Bertz CT molecular complexity index is 554. The first kappa shape index (κ1) is 16.4. The predicted octanol–water partition coefficient (Wildman–Crippen LogP) is 1.69. The molecule has 0 fully saturated rings. The van der Waals surface area contributed by atoms with E-state index in [-0.39, 0.29) is 18.2 Å². The van der Waals surface area contributed by atoms with Crippen molar-refractivity contribution < 1.29 is 18.3 Å². The first-order valence-electron chi connectivity index (χ1n) is 6.22. The van der Waals surface area contributed by atoms with E-state index in [1.54, 1.807) is 6.92 Å². The molecular formula is C14H19NO4S. The van der Waals surface area contributed by atoms with Gasteiger partial charge in [-0.25, -0.2) is 8.42 Å². The van der Waals surface area contributed by atoms with Crippen LogP contribution in [0.4, 0.5) is 0 Å². The van der Waals surface area contributed by atoms with Crippen LogP contribution in [0.5, 0.6) is 0 Å². The molecule has 5 nitrogen and oxygen atoms in total. The van der Waals surface area contributed by atoms with Gasteiger partial charge in [-0.15, -0.1) is 6.58 Å². The highest BCUT2D eigenvalue weighted by Gasteiger charge is 2.26. The Morgan fingerprint density at radius 2 is 2.00 bits per heavy atom. The highest BCUT2D eigenvalue weighted by atomic mass is 32.2. The van der Waals surface area contributed by atoms with Crippen molar-refractivity contribution >= 4 is 16.0 Å². The molecule has 0 saturated carbocycles. The highest BCUT2D eigenvalue weighted by molar-refractivity contribution is 7.89. The molecule has 0 aliphatic heterocycles. The molecule has 0 aliphatic rings. The van der Waals surface area contributed by atoms with Crippen LogP contribution in [0.2, 0.25) is 0 Å². The van der Waals surface area contributed by atoms with Gasteiger partial charge in [0.1, 0.15) is 6.54 Å². The van der Waals surface area contributed by atoms with Crippen LogP contribution in [0.3, 0.4) is 0 Å². The summed E-state index contributed by atoms with van der Waals surface area (Å²) in [6.07, 6.45) is 1.38. The standard InChI is InChI=1S/C14H19NO4S/c1-3-9-15(10-14(16)17)20(18,19)11-12(2)13-7-5-4-6-8-13/h3-8,12H,1,9-11H2,2H3,(H,16,17). The predicted molar refractivity (Wildman–Crippen MR) is 78.0 cm³/mol. The molecule has 20 heavy (non-hydrogen) atoms. The van der Waals surface area contributed by atoms with Gasteiger partial charge in [-0.05, 0) is 11.5 Å². The smallest absolute Gasteiger partial charge is 0.318 e. The Balaban J connectivity index is 2.86. The average Bonchev–Trinajstić information content (AvgIpc) is 2.38. The zero-order chi connectivity index (χ0) is 15.2. The number of sulfonamides is 1. The number of carbonyl (C=O) groups is 1. The van der Waals surface area contributed by atoms with E-state index >= 15 is 0 Å². The van der Waals surface area contributed by atoms with Gasteiger partial charge < -0.3 is 5.11 Å².